The maximum atomic E-state index is 12.2. The Hall–Kier alpha value is -1.83. The van der Waals surface area contributed by atoms with Crippen molar-refractivity contribution in [1.29, 1.82) is 0 Å². The minimum absolute atomic E-state index is 0.218. The molecule has 0 N–H and O–H groups in total. The molecule has 2 unspecified atom stereocenters. The van der Waals surface area contributed by atoms with Gasteiger partial charge < -0.3 is 4.74 Å². The van der Waals surface area contributed by atoms with Gasteiger partial charge in [-0.1, -0.05) is 63.9 Å². The number of rotatable bonds is 8. The van der Waals surface area contributed by atoms with Gasteiger partial charge in [-0.25, -0.2) is 4.79 Å². The van der Waals surface area contributed by atoms with E-state index < -0.39 is 0 Å². The molecule has 2 rings (SSSR count). The van der Waals surface area contributed by atoms with Crippen LogP contribution >= 0.6 is 0 Å². The zero-order valence-electron chi connectivity index (χ0n) is 14.5. The molecule has 2 nitrogen and oxygen atoms in total. The number of esters is 1. The molecule has 0 aliphatic carbocycles. The van der Waals surface area contributed by atoms with Crippen molar-refractivity contribution in [2.75, 3.05) is 6.61 Å². The van der Waals surface area contributed by atoms with Crippen molar-refractivity contribution in [3.63, 3.8) is 0 Å². The number of hydrogen-bond acceptors (Lipinski definition) is 2. The molecule has 2 aromatic carbocycles. The van der Waals surface area contributed by atoms with Gasteiger partial charge >= 0.3 is 5.97 Å². The summed E-state index contributed by atoms with van der Waals surface area (Å²) in [5.41, 5.74) is 0.635. The Balaban J connectivity index is 1.82. The first-order valence-corrected chi connectivity index (χ1v) is 8.76. The number of fused-ring (bicyclic) bond motifs is 1. The van der Waals surface area contributed by atoms with E-state index in [1.165, 1.54) is 19.3 Å². The molecule has 0 saturated carbocycles. The summed E-state index contributed by atoms with van der Waals surface area (Å²) in [5, 5.41) is 2.21. The SMILES string of the molecule is CCCC(C)CC(C)CCOC(=O)c1ccc2ccccc2c1. The quantitative estimate of drug-likeness (QED) is 0.572. The van der Waals surface area contributed by atoms with Crippen molar-refractivity contribution in [2.24, 2.45) is 11.8 Å². The van der Waals surface area contributed by atoms with E-state index in [-0.39, 0.29) is 5.97 Å². The Bertz CT molecular complexity index is 633. The third-order valence-corrected chi connectivity index (χ3v) is 4.42. The van der Waals surface area contributed by atoms with Gasteiger partial charge in [0.25, 0.3) is 0 Å². The summed E-state index contributed by atoms with van der Waals surface area (Å²) >= 11 is 0. The molecule has 0 aliphatic rings. The van der Waals surface area contributed by atoms with Crippen LogP contribution in [0.15, 0.2) is 42.5 Å². The molecule has 0 fully saturated rings. The van der Waals surface area contributed by atoms with Crippen molar-refractivity contribution in [3.8, 4) is 0 Å². The number of benzene rings is 2. The summed E-state index contributed by atoms with van der Waals surface area (Å²) in [6.45, 7) is 7.29. The average molecular weight is 312 g/mol. The van der Waals surface area contributed by atoms with Crippen LogP contribution in [0.1, 0.15) is 56.8 Å². The molecule has 0 saturated heterocycles. The van der Waals surface area contributed by atoms with Gasteiger partial charge in [-0.15, -0.1) is 0 Å². The van der Waals surface area contributed by atoms with E-state index in [9.17, 15) is 4.79 Å². The Morgan fingerprint density at radius 2 is 1.70 bits per heavy atom. The van der Waals surface area contributed by atoms with Gasteiger partial charge in [-0.2, -0.15) is 0 Å². The van der Waals surface area contributed by atoms with E-state index in [4.69, 9.17) is 4.74 Å². The number of carbonyl (C=O) groups is 1. The zero-order valence-corrected chi connectivity index (χ0v) is 14.5. The normalized spacial score (nSPS) is 13.7. The molecule has 0 bridgehead atoms. The number of carbonyl (C=O) groups excluding carboxylic acids is 1. The van der Waals surface area contributed by atoms with E-state index in [0.29, 0.717) is 18.1 Å². The molecule has 23 heavy (non-hydrogen) atoms. The van der Waals surface area contributed by atoms with Crippen molar-refractivity contribution in [2.45, 2.75) is 46.5 Å². The van der Waals surface area contributed by atoms with Crippen LogP contribution in [0.25, 0.3) is 10.8 Å². The van der Waals surface area contributed by atoms with E-state index in [1.807, 2.05) is 42.5 Å². The van der Waals surface area contributed by atoms with Gasteiger partial charge in [0, 0.05) is 0 Å². The lowest BCUT2D eigenvalue weighted by molar-refractivity contribution is 0.0481. The molecule has 0 spiro atoms. The summed E-state index contributed by atoms with van der Waals surface area (Å²) in [5.74, 6) is 1.14. The van der Waals surface area contributed by atoms with Crippen LogP contribution in [-0.4, -0.2) is 12.6 Å². The molecule has 0 aromatic heterocycles. The van der Waals surface area contributed by atoms with Gasteiger partial charge in [0.05, 0.1) is 12.2 Å². The zero-order chi connectivity index (χ0) is 16.7. The Morgan fingerprint density at radius 3 is 2.43 bits per heavy atom. The molecule has 124 valence electrons. The van der Waals surface area contributed by atoms with E-state index in [1.54, 1.807) is 0 Å². The second-order valence-corrected chi connectivity index (χ2v) is 6.72. The fourth-order valence-corrected chi connectivity index (χ4v) is 3.17. The maximum Gasteiger partial charge on any atom is 0.338 e. The van der Waals surface area contributed by atoms with E-state index >= 15 is 0 Å². The van der Waals surface area contributed by atoms with Crippen molar-refractivity contribution in [3.05, 3.63) is 48.0 Å². The molecule has 0 radical (unpaired) electrons. The Morgan fingerprint density at radius 1 is 1.00 bits per heavy atom. The monoisotopic (exact) mass is 312 g/mol. The molecule has 0 heterocycles. The van der Waals surface area contributed by atoms with Crippen LogP contribution in [0.4, 0.5) is 0 Å². The first kappa shape index (κ1) is 17.5. The van der Waals surface area contributed by atoms with Crippen molar-refractivity contribution < 1.29 is 9.53 Å². The van der Waals surface area contributed by atoms with Crippen LogP contribution in [0, 0.1) is 11.8 Å². The van der Waals surface area contributed by atoms with Crippen LogP contribution < -0.4 is 0 Å². The minimum atomic E-state index is -0.218. The highest BCUT2D eigenvalue weighted by atomic mass is 16.5. The summed E-state index contributed by atoms with van der Waals surface area (Å²) in [4.78, 5) is 12.2. The van der Waals surface area contributed by atoms with Crippen LogP contribution in [-0.2, 0) is 4.74 Å². The molecule has 0 amide bonds. The standard InChI is InChI=1S/C21H28O2/c1-4-7-16(2)14-17(3)12-13-23-21(22)20-11-10-18-8-5-6-9-19(18)15-20/h5-6,8-11,15-17H,4,7,12-14H2,1-3H3. The molecular formula is C21H28O2. The van der Waals surface area contributed by atoms with Crippen LogP contribution in [0.5, 0.6) is 0 Å². The smallest absolute Gasteiger partial charge is 0.338 e. The van der Waals surface area contributed by atoms with Crippen molar-refractivity contribution in [1.82, 2.24) is 0 Å². The first-order valence-electron chi connectivity index (χ1n) is 8.76. The fraction of sp³-hybridized carbons (Fsp3) is 0.476. The lowest BCUT2D eigenvalue weighted by Gasteiger charge is -2.16. The highest BCUT2D eigenvalue weighted by molar-refractivity contribution is 5.95. The van der Waals surface area contributed by atoms with Gasteiger partial charge in [0.15, 0.2) is 0 Å². The highest BCUT2D eigenvalue weighted by Gasteiger charge is 2.11. The summed E-state index contributed by atoms with van der Waals surface area (Å²) < 4.78 is 5.45. The summed E-state index contributed by atoms with van der Waals surface area (Å²) in [6, 6.07) is 13.8. The third-order valence-electron chi connectivity index (χ3n) is 4.42. The predicted octanol–water partition coefficient (Wildman–Crippen LogP) is 5.85. The second kappa shape index (κ2) is 8.71. The largest absolute Gasteiger partial charge is 0.462 e. The number of hydrogen-bond donors (Lipinski definition) is 0. The molecular weight excluding hydrogens is 284 g/mol. The molecule has 2 atom stereocenters. The molecule has 0 aliphatic heterocycles. The van der Waals surface area contributed by atoms with E-state index in [0.717, 1.165) is 23.1 Å². The lowest BCUT2D eigenvalue weighted by atomic mass is 9.92. The molecule has 2 aromatic rings. The van der Waals surface area contributed by atoms with E-state index in [2.05, 4.69) is 20.8 Å². The maximum absolute atomic E-state index is 12.2. The van der Waals surface area contributed by atoms with Gasteiger partial charge in [0.2, 0.25) is 0 Å². The average Bonchev–Trinajstić information content (AvgIpc) is 2.54. The predicted molar refractivity (Wildman–Crippen MR) is 96.7 cm³/mol. The minimum Gasteiger partial charge on any atom is -0.462 e. The topological polar surface area (TPSA) is 26.3 Å². The Labute approximate surface area is 139 Å². The lowest BCUT2D eigenvalue weighted by Crippen LogP contribution is -2.10. The summed E-state index contributed by atoms with van der Waals surface area (Å²) in [6.07, 6.45) is 4.67. The molecule has 2 heteroatoms. The second-order valence-electron chi connectivity index (χ2n) is 6.72. The Kier molecular flexibility index (Phi) is 6.64. The third kappa shape index (κ3) is 5.38. The van der Waals surface area contributed by atoms with Crippen LogP contribution in [0.3, 0.4) is 0 Å². The van der Waals surface area contributed by atoms with Gasteiger partial charge in [-0.3, -0.25) is 0 Å². The summed E-state index contributed by atoms with van der Waals surface area (Å²) in [7, 11) is 0. The first-order chi connectivity index (χ1) is 11.1. The van der Waals surface area contributed by atoms with Gasteiger partial charge in [-0.05, 0) is 47.6 Å². The van der Waals surface area contributed by atoms with Crippen LogP contribution in [0.2, 0.25) is 0 Å². The fourth-order valence-electron chi connectivity index (χ4n) is 3.17. The highest BCUT2D eigenvalue weighted by Crippen LogP contribution is 2.20. The van der Waals surface area contributed by atoms with Gasteiger partial charge in [0.1, 0.15) is 0 Å². The van der Waals surface area contributed by atoms with Crippen molar-refractivity contribution >= 4 is 16.7 Å². The number of ether oxygens (including phenoxy) is 1.